The van der Waals surface area contributed by atoms with Gasteiger partial charge in [-0.3, -0.25) is 14.4 Å². The van der Waals surface area contributed by atoms with E-state index in [0.717, 1.165) is 15.8 Å². The van der Waals surface area contributed by atoms with Gasteiger partial charge in [-0.05, 0) is 55.3 Å². The van der Waals surface area contributed by atoms with Crippen molar-refractivity contribution in [2.45, 2.75) is 32.9 Å². The van der Waals surface area contributed by atoms with Crippen molar-refractivity contribution in [3.63, 3.8) is 0 Å². The van der Waals surface area contributed by atoms with Gasteiger partial charge in [-0.2, -0.15) is 0 Å². The number of fused-ring (bicyclic) bond motifs is 1. The molecule has 3 aromatic carbocycles. The molecule has 178 valence electrons. The van der Waals surface area contributed by atoms with Gasteiger partial charge in [0, 0.05) is 18.5 Å². The van der Waals surface area contributed by atoms with E-state index in [-0.39, 0.29) is 30.7 Å². The van der Waals surface area contributed by atoms with Gasteiger partial charge in [0.2, 0.25) is 0 Å². The molecule has 4 aromatic rings. The number of nitrogens with zero attached hydrogens (tertiary/aromatic N) is 3. The van der Waals surface area contributed by atoms with Crippen molar-refractivity contribution < 1.29 is 19.4 Å². The minimum absolute atomic E-state index is 0.0483. The van der Waals surface area contributed by atoms with Crippen LogP contribution in [-0.4, -0.2) is 31.9 Å². The van der Waals surface area contributed by atoms with Crippen molar-refractivity contribution in [2.75, 3.05) is 0 Å². The molecule has 0 aliphatic rings. The normalized spacial score (nSPS) is 11.8. The Balaban J connectivity index is 1.36. The third kappa shape index (κ3) is 5.97. The van der Waals surface area contributed by atoms with Gasteiger partial charge in [0.25, 0.3) is 5.56 Å². The Morgan fingerprint density at radius 1 is 1.03 bits per heavy atom. The molecule has 8 heteroatoms. The predicted octanol–water partition coefficient (Wildman–Crippen LogP) is 4.04. The SMILES string of the molecule is Cc1cccc(COc2ccc(C(=O)CC(CCn3nnc4ccccc4c3=O)C(=O)O)cc2)c1. The first-order valence-electron chi connectivity index (χ1n) is 11.3. The maximum atomic E-state index is 12.7. The number of aromatic nitrogens is 3. The average Bonchev–Trinajstić information content (AvgIpc) is 2.86. The topological polar surface area (TPSA) is 111 Å². The minimum Gasteiger partial charge on any atom is -0.489 e. The number of ether oxygens (including phenoxy) is 1. The van der Waals surface area contributed by atoms with Crippen molar-refractivity contribution in [3.05, 3.63) is 99.8 Å². The van der Waals surface area contributed by atoms with Gasteiger partial charge in [-0.25, -0.2) is 4.68 Å². The van der Waals surface area contributed by atoms with Gasteiger partial charge in [0.05, 0.1) is 11.3 Å². The Bertz CT molecular complexity index is 1410. The van der Waals surface area contributed by atoms with Gasteiger partial charge in [-0.1, -0.05) is 47.2 Å². The Morgan fingerprint density at radius 3 is 2.54 bits per heavy atom. The molecule has 1 aromatic heterocycles. The summed E-state index contributed by atoms with van der Waals surface area (Å²) < 4.78 is 6.92. The highest BCUT2D eigenvalue weighted by Crippen LogP contribution is 2.19. The number of Topliss-reactive ketones (excluding diaryl/α,β-unsaturated/α-hetero) is 1. The summed E-state index contributed by atoms with van der Waals surface area (Å²) in [6, 6.07) is 21.5. The molecular weight excluding hydrogens is 446 g/mol. The van der Waals surface area contributed by atoms with Crippen molar-refractivity contribution in [1.82, 2.24) is 15.0 Å². The number of carboxylic acids is 1. The van der Waals surface area contributed by atoms with Gasteiger partial charge in [0.1, 0.15) is 17.9 Å². The van der Waals surface area contributed by atoms with E-state index in [1.807, 2.05) is 31.2 Å². The number of rotatable bonds is 10. The quantitative estimate of drug-likeness (QED) is 0.347. The highest BCUT2D eigenvalue weighted by molar-refractivity contribution is 5.98. The lowest BCUT2D eigenvalue weighted by molar-refractivity contribution is -0.142. The first kappa shape index (κ1) is 23.8. The maximum Gasteiger partial charge on any atom is 0.307 e. The molecule has 0 fully saturated rings. The van der Waals surface area contributed by atoms with Gasteiger partial charge in [0.15, 0.2) is 5.78 Å². The van der Waals surface area contributed by atoms with Crippen LogP contribution in [0.5, 0.6) is 5.75 Å². The van der Waals surface area contributed by atoms with Crippen molar-refractivity contribution >= 4 is 22.7 Å². The summed E-state index contributed by atoms with van der Waals surface area (Å²) in [6.07, 6.45) is -0.111. The van der Waals surface area contributed by atoms with E-state index in [0.29, 0.717) is 28.8 Å². The maximum absolute atomic E-state index is 12.7. The second-order valence-electron chi connectivity index (χ2n) is 8.39. The summed E-state index contributed by atoms with van der Waals surface area (Å²) in [5.41, 5.74) is 2.74. The molecule has 0 saturated heterocycles. The molecule has 4 rings (SSSR count). The summed E-state index contributed by atoms with van der Waals surface area (Å²) in [4.78, 5) is 37.1. The van der Waals surface area contributed by atoms with Crippen LogP contribution in [0, 0.1) is 12.8 Å². The summed E-state index contributed by atoms with van der Waals surface area (Å²) >= 11 is 0. The number of carbonyl (C=O) groups is 2. The van der Waals surface area contributed by atoms with E-state index in [2.05, 4.69) is 10.3 Å². The molecule has 0 aliphatic carbocycles. The van der Waals surface area contributed by atoms with Crippen LogP contribution >= 0.6 is 0 Å². The lowest BCUT2D eigenvalue weighted by Crippen LogP contribution is -2.27. The van der Waals surface area contributed by atoms with Gasteiger partial charge < -0.3 is 9.84 Å². The van der Waals surface area contributed by atoms with Crippen LogP contribution in [0.15, 0.2) is 77.6 Å². The highest BCUT2D eigenvalue weighted by Gasteiger charge is 2.22. The third-order valence-corrected chi connectivity index (χ3v) is 5.76. The molecule has 0 spiro atoms. The first-order chi connectivity index (χ1) is 16.9. The fraction of sp³-hybridized carbons (Fsp3) is 0.222. The standard InChI is InChI=1S/C27H25N3O5/c1-18-5-4-6-19(15-18)17-35-22-11-9-20(10-12-22)25(31)16-21(27(33)34)13-14-30-26(32)23-7-2-3-8-24(23)28-29-30/h2-12,15,21H,13-14,16-17H2,1H3,(H,33,34). The fourth-order valence-corrected chi connectivity index (χ4v) is 3.81. The molecule has 0 aliphatic heterocycles. The highest BCUT2D eigenvalue weighted by atomic mass is 16.5. The number of carboxylic acid groups (broad SMARTS) is 1. The second kappa shape index (κ2) is 10.7. The van der Waals surface area contributed by atoms with Crippen LogP contribution in [0.3, 0.4) is 0 Å². The fourth-order valence-electron chi connectivity index (χ4n) is 3.81. The smallest absolute Gasteiger partial charge is 0.307 e. The zero-order chi connectivity index (χ0) is 24.8. The van der Waals surface area contributed by atoms with Crippen LogP contribution < -0.4 is 10.3 Å². The number of benzene rings is 3. The first-order valence-corrected chi connectivity index (χ1v) is 11.3. The Morgan fingerprint density at radius 2 is 1.80 bits per heavy atom. The zero-order valence-corrected chi connectivity index (χ0v) is 19.3. The van der Waals surface area contributed by atoms with Crippen molar-refractivity contribution in [1.29, 1.82) is 0 Å². The monoisotopic (exact) mass is 471 g/mol. The van der Waals surface area contributed by atoms with E-state index in [1.165, 1.54) is 0 Å². The van der Waals surface area contributed by atoms with Crippen LogP contribution in [0.25, 0.3) is 10.9 Å². The number of aryl methyl sites for hydroxylation is 2. The van der Waals surface area contributed by atoms with Gasteiger partial charge in [-0.15, -0.1) is 5.10 Å². The number of ketones is 1. The van der Waals surface area contributed by atoms with Crippen molar-refractivity contribution in [2.24, 2.45) is 5.92 Å². The van der Waals surface area contributed by atoms with Crippen LogP contribution in [-0.2, 0) is 17.9 Å². The second-order valence-corrected chi connectivity index (χ2v) is 8.39. The Labute approximate surface area is 201 Å². The largest absolute Gasteiger partial charge is 0.489 e. The van der Waals surface area contributed by atoms with Gasteiger partial charge >= 0.3 is 5.97 Å². The molecule has 0 bridgehead atoms. The van der Waals surface area contributed by atoms with E-state index in [4.69, 9.17) is 4.74 Å². The predicted molar refractivity (Wildman–Crippen MR) is 130 cm³/mol. The molecule has 1 N–H and O–H groups in total. The molecular formula is C27H25N3O5. The molecule has 0 saturated carbocycles. The summed E-state index contributed by atoms with van der Waals surface area (Å²) in [5.74, 6) is -1.73. The zero-order valence-electron chi connectivity index (χ0n) is 19.3. The number of hydrogen-bond donors (Lipinski definition) is 1. The number of carbonyl (C=O) groups excluding carboxylic acids is 1. The van der Waals surface area contributed by atoms with E-state index < -0.39 is 11.9 Å². The number of aliphatic carboxylic acids is 1. The molecule has 0 amide bonds. The molecule has 0 radical (unpaired) electrons. The number of hydrogen-bond acceptors (Lipinski definition) is 6. The summed E-state index contributed by atoms with van der Waals surface area (Å²) in [6.45, 7) is 2.47. The molecule has 1 atom stereocenters. The van der Waals surface area contributed by atoms with E-state index >= 15 is 0 Å². The van der Waals surface area contributed by atoms with E-state index in [1.54, 1.807) is 48.5 Å². The van der Waals surface area contributed by atoms with Crippen LogP contribution in [0.2, 0.25) is 0 Å². The van der Waals surface area contributed by atoms with Crippen molar-refractivity contribution in [3.8, 4) is 5.75 Å². The Hall–Kier alpha value is -4.33. The molecule has 1 unspecified atom stereocenters. The third-order valence-electron chi connectivity index (χ3n) is 5.76. The van der Waals surface area contributed by atoms with Crippen LogP contribution in [0.4, 0.5) is 0 Å². The minimum atomic E-state index is -1.10. The summed E-state index contributed by atoms with van der Waals surface area (Å²) in [5, 5.41) is 17.9. The van der Waals surface area contributed by atoms with E-state index in [9.17, 15) is 19.5 Å². The average molecular weight is 472 g/mol. The lowest BCUT2D eigenvalue weighted by Gasteiger charge is -2.13. The molecule has 1 heterocycles. The molecule has 8 nitrogen and oxygen atoms in total. The lowest BCUT2D eigenvalue weighted by atomic mass is 9.95. The summed E-state index contributed by atoms with van der Waals surface area (Å²) in [7, 11) is 0. The van der Waals surface area contributed by atoms with Crippen LogP contribution in [0.1, 0.15) is 34.3 Å². The Kier molecular flexibility index (Phi) is 7.30. The molecule has 35 heavy (non-hydrogen) atoms.